The Morgan fingerprint density at radius 1 is 1.00 bits per heavy atom. The fourth-order valence-electron chi connectivity index (χ4n) is 4.28. The maximum Gasteiger partial charge on any atom is 0.338 e. The van der Waals surface area contributed by atoms with Crippen LogP contribution in [0.25, 0.3) is 6.08 Å². The average molecular weight is 540 g/mol. The van der Waals surface area contributed by atoms with E-state index in [-0.39, 0.29) is 18.7 Å². The fraction of sp³-hybridized carbons (Fsp3) is 0.400. The highest BCUT2D eigenvalue weighted by Crippen LogP contribution is 2.31. The van der Waals surface area contributed by atoms with Gasteiger partial charge in [-0.25, -0.2) is 4.79 Å². The molecule has 1 aliphatic heterocycles. The largest absolute Gasteiger partial charge is 0.497 e. The Balaban J connectivity index is 2.00. The highest BCUT2D eigenvalue weighted by molar-refractivity contribution is 6.01. The molecule has 0 bridgehead atoms. The number of hydrogen-bond acceptors (Lipinski definition) is 8. The molecule has 0 radical (unpaired) electrons. The van der Waals surface area contributed by atoms with Gasteiger partial charge in [0.05, 0.1) is 24.3 Å². The molecule has 1 N–H and O–H groups in total. The van der Waals surface area contributed by atoms with E-state index in [0.717, 1.165) is 0 Å². The molecule has 9 heteroatoms. The molecular weight excluding hydrogens is 502 g/mol. The van der Waals surface area contributed by atoms with E-state index in [4.69, 9.17) is 28.4 Å². The second-order valence-corrected chi connectivity index (χ2v) is 9.03. The Bertz CT molecular complexity index is 1150. The Kier molecular flexibility index (Phi) is 11.5. The summed E-state index contributed by atoms with van der Waals surface area (Å²) in [5, 5.41) is 3.02. The highest BCUT2D eigenvalue weighted by Gasteiger charge is 2.31. The minimum atomic E-state index is -0.728. The van der Waals surface area contributed by atoms with Crippen molar-refractivity contribution in [2.45, 2.75) is 44.1 Å². The predicted molar refractivity (Wildman–Crippen MR) is 147 cm³/mol. The number of carbonyl (C=O) groups excluding carboxylic acids is 2. The number of methoxy groups -OCH3 is 4. The molecular formula is C30H37NO8. The van der Waals surface area contributed by atoms with Crippen LogP contribution in [0.5, 0.6) is 11.5 Å². The normalized spacial score (nSPS) is 22.6. The van der Waals surface area contributed by atoms with Gasteiger partial charge in [0.15, 0.2) is 6.79 Å². The molecule has 2 aromatic rings. The van der Waals surface area contributed by atoms with E-state index in [1.165, 1.54) is 7.11 Å². The molecule has 2 aromatic carbocycles. The van der Waals surface area contributed by atoms with Gasteiger partial charge in [0, 0.05) is 33.4 Å². The summed E-state index contributed by atoms with van der Waals surface area (Å²) in [6, 6.07) is 12.0. The number of ether oxygens (including phenoxy) is 6. The molecule has 1 amide bonds. The molecule has 0 saturated carbocycles. The molecule has 0 fully saturated rings. The van der Waals surface area contributed by atoms with Crippen molar-refractivity contribution in [3.63, 3.8) is 0 Å². The lowest BCUT2D eigenvalue weighted by Crippen LogP contribution is -2.41. The summed E-state index contributed by atoms with van der Waals surface area (Å²) in [6.45, 7) is 1.86. The lowest BCUT2D eigenvalue weighted by Gasteiger charge is -2.30. The molecule has 39 heavy (non-hydrogen) atoms. The fourth-order valence-corrected chi connectivity index (χ4v) is 4.28. The second kappa shape index (κ2) is 15.1. The van der Waals surface area contributed by atoms with Crippen LogP contribution in [0.4, 0.5) is 0 Å². The number of carbonyl (C=O) groups is 2. The molecule has 3 unspecified atom stereocenters. The number of fused-ring (bicyclic) bond motifs is 1. The van der Waals surface area contributed by atoms with Crippen molar-refractivity contribution in [1.82, 2.24) is 5.32 Å². The zero-order chi connectivity index (χ0) is 28.2. The Morgan fingerprint density at radius 2 is 1.77 bits per heavy atom. The summed E-state index contributed by atoms with van der Waals surface area (Å²) < 4.78 is 33.7. The van der Waals surface area contributed by atoms with Gasteiger partial charge in [-0.3, -0.25) is 4.79 Å². The van der Waals surface area contributed by atoms with Gasteiger partial charge < -0.3 is 33.7 Å². The van der Waals surface area contributed by atoms with E-state index in [9.17, 15) is 9.59 Å². The number of benzene rings is 2. The van der Waals surface area contributed by atoms with E-state index >= 15 is 0 Å². The highest BCUT2D eigenvalue weighted by atomic mass is 16.7. The van der Waals surface area contributed by atoms with Crippen LogP contribution in [0.2, 0.25) is 0 Å². The first-order chi connectivity index (χ1) is 18.9. The van der Waals surface area contributed by atoms with Crippen LogP contribution in [0.1, 0.15) is 46.0 Å². The number of amides is 1. The van der Waals surface area contributed by atoms with E-state index in [1.807, 2.05) is 31.2 Å². The van der Waals surface area contributed by atoms with Crippen molar-refractivity contribution in [1.29, 1.82) is 0 Å². The summed E-state index contributed by atoms with van der Waals surface area (Å²) in [4.78, 5) is 26.3. The van der Waals surface area contributed by atoms with Crippen LogP contribution < -0.4 is 14.8 Å². The minimum Gasteiger partial charge on any atom is -0.497 e. The SMILES string of the molecule is COCOc1cc(OC)cc2c1C(=O)NC(C)C/C=C\C(OC(=O)c1ccccc1)C(OC)[C@@H](OC)CC=C2. The standard InChI is InChI=1S/C30H37NO8/c1-20-11-9-16-25(39-30(33)21-12-7-6-8-13-21)28(37-5)24(36-4)15-10-14-22-17-23(35-3)18-26(38-19-34-2)27(22)29(32)31-20/h6-10,12-14,16-18,20,24-25,28H,11,15,19H2,1-5H3,(H,31,32)/b14-10?,16-9-/t20?,24-,25?,28?/m0/s1. The molecule has 4 atom stereocenters. The van der Waals surface area contributed by atoms with Crippen LogP contribution in [0.3, 0.4) is 0 Å². The smallest absolute Gasteiger partial charge is 0.338 e. The van der Waals surface area contributed by atoms with Gasteiger partial charge in [0.1, 0.15) is 23.7 Å². The Labute approximate surface area is 229 Å². The molecule has 1 heterocycles. The van der Waals surface area contributed by atoms with Crippen molar-refractivity contribution in [3.05, 3.63) is 77.4 Å². The van der Waals surface area contributed by atoms with Crippen LogP contribution in [0, 0.1) is 0 Å². The van der Waals surface area contributed by atoms with Gasteiger partial charge in [0.2, 0.25) is 0 Å². The molecule has 0 saturated heterocycles. The van der Waals surface area contributed by atoms with Gasteiger partial charge in [-0.15, -0.1) is 0 Å². The van der Waals surface area contributed by atoms with Gasteiger partial charge in [-0.2, -0.15) is 0 Å². The average Bonchev–Trinajstić information content (AvgIpc) is 2.94. The van der Waals surface area contributed by atoms with E-state index in [0.29, 0.717) is 41.0 Å². The first-order valence-corrected chi connectivity index (χ1v) is 12.7. The third-order valence-electron chi connectivity index (χ3n) is 6.28. The second-order valence-electron chi connectivity index (χ2n) is 9.03. The monoisotopic (exact) mass is 539 g/mol. The summed E-state index contributed by atoms with van der Waals surface area (Å²) >= 11 is 0. The van der Waals surface area contributed by atoms with Crippen molar-refractivity contribution in [3.8, 4) is 11.5 Å². The van der Waals surface area contributed by atoms with Crippen molar-refractivity contribution in [2.75, 3.05) is 35.2 Å². The van der Waals surface area contributed by atoms with Gasteiger partial charge in [0.25, 0.3) is 5.91 Å². The van der Waals surface area contributed by atoms with Gasteiger partial charge >= 0.3 is 5.97 Å². The third-order valence-corrected chi connectivity index (χ3v) is 6.28. The maximum absolute atomic E-state index is 13.4. The summed E-state index contributed by atoms with van der Waals surface area (Å²) in [7, 11) is 6.19. The minimum absolute atomic E-state index is 0.0285. The lowest BCUT2D eigenvalue weighted by atomic mass is 9.99. The first-order valence-electron chi connectivity index (χ1n) is 12.7. The molecule has 3 rings (SSSR count). The first kappa shape index (κ1) is 29.9. The van der Waals surface area contributed by atoms with Crippen molar-refractivity contribution in [2.24, 2.45) is 0 Å². The van der Waals surface area contributed by atoms with E-state index < -0.39 is 24.3 Å². The lowest BCUT2D eigenvalue weighted by molar-refractivity contribution is -0.0855. The Hall–Kier alpha value is -3.66. The molecule has 210 valence electrons. The maximum atomic E-state index is 13.4. The van der Waals surface area contributed by atoms with Crippen molar-refractivity contribution >= 4 is 18.0 Å². The summed E-state index contributed by atoms with van der Waals surface area (Å²) in [5.41, 5.74) is 1.41. The number of hydrogen-bond donors (Lipinski definition) is 1. The molecule has 0 spiro atoms. The van der Waals surface area contributed by atoms with Crippen LogP contribution in [-0.2, 0) is 18.9 Å². The predicted octanol–water partition coefficient (Wildman–Crippen LogP) is 4.42. The number of rotatable bonds is 8. The molecule has 0 aromatic heterocycles. The summed E-state index contributed by atoms with van der Waals surface area (Å²) in [6.07, 6.45) is 6.44. The van der Waals surface area contributed by atoms with Crippen LogP contribution in [-0.4, -0.2) is 71.5 Å². The van der Waals surface area contributed by atoms with Gasteiger partial charge in [-0.05, 0) is 49.6 Å². The zero-order valence-electron chi connectivity index (χ0n) is 23.0. The third kappa shape index (κ3) is 8.16. The topological polar surface area (TPSA) is 102 Å². The van der Waals surface area contributed by atoms with E-state index in [1.54, 1.807) is 63.8 Å². The zero-order valence-corrected chi connectivity index (χ0v) is 23.0. The Morgan fingerprint density at radius 3 is 2.44 bits per heavy atom. The quantitative estimate of drug-likeness (QED) is 0.299. The molecule has 0 aliphatic carbocycles. The van der Waals surface area contributed by atoms with Gasteiger partial charge in [-0.1, -0.05) is 36.4 Å². The van der Waals surface area contributed by atoms with Crippen LogP contribution >= 0.6 is 0 Å². The number of esters is 1. The molecule has 1 aliphatic rings. The van der Waals surface area contributed by atoms with Crippen molar-refractivity contribution < 1.29 is 38.0 Å². The summed E-state index contributed by atoms with van der Waals surface area (Å²) in [5.74, 6) is 0.103. The van der Waals surface area contributed by atoms with Crippen LogP contribution in [0.15, 0.2) is 60.7 Å². The molecule has 9 nitrogen and oxygen atoms in total. The number of nitrogens with one attached hydrogen (secondary N) is 1. The van der Waals surface area contributed by atoms with E-state index in [2.05, 4.69) is 5.32 Å².